The van der Waals surface area contributed by atoms with Crippen molar-refractivity contribution in [2.75, 3.05) is 31.6 Å². The van der Waals surface area contributed by atoms with Crippen LogP contribution in [0.2, 0.25) is 0 Å². The lowest BCUT2D eigenvalue weighted by Crippen LogP contribution is -2.59. The van der Waals surface area contributed by atoms with E-state index in [1.807, 2.05) is 13.8 Å². The highest BCUT2D eigenvalue weighted by molar-refractivity contribution is 5.68. The molecule has 2 aliphatic heterocycles. The van der Waals surface area contributed by atoms with E-state index in [0.717, 1.165) is 18.4 Å². The van der Waals surface area contributed by atoms with E-state index in [2.05, 4.69) is 15.3 Å². The van der Waals surface area contributed by atoms with Crippen molar-refractivity contribution < 1.29 is 27.8 Å². The number of benzene rings is 1. The molecule has 34 heavy (non-hydrogen) atoms. The maximum atomic E-state index is 15.3. The standard InChI is InChI=1S/C24H28F2N4O4/c1-3-14-4-5-17(25)18(8-14)29-21-19(26)22(28-13-27-21)33-20-15-9-30(10-16(20)12-32-11-15)23(31)34-24(2)6-7-24/h4-5,8,13,15-16,20H,3,6-7,9-12H2,1-2H3,(H,27,28,29). The van der Waals surface area contributed by atoms with E-state index in [1.54, 1.807) is 17.0 Å². The quantitative estimate of drug-likeness (QED) is 0.675. The average Bonchev–Trinajstić information content (AvgIpc) is 3.53. The van der Waals surface area contributed by atoms with Crippen LogP contribution >= 0.6 is 0 Å². The first-order chi connectivity index (χ1) is 16.3. The van der Waals surface area contributed by atoms with Crippen LogP contribution in [0.4, 0.5) is 25.1 Å². The number of carbonyl (C=O) groups excluding carboxylic acids is 1. The number of ether oxygens (including phenoxy) is 3. The molecule has 2 bridgehead atoms. The van der Waals surface area contributed by atoms with Crippen molar-refractivity contribution in [3.8, 4) is 5.88 Å². The molecule has 8 nitrogen and oxygen atoms in total. The number of amides is 1. The fraction of sp³-hybridized carbons (Fsp3) is 0.542. The predicted molar refractivity (Wildman–Crippen MR) is 119 cm³/mol. The third-order valence-corrected chi connectivity index (χ3v) is 6.75. The lowest BCUT2D eigenvalue weighted by atomic mass is 9.84. The Morgan fingerprint density at radius 2 is 1.97 bits per heavy atom. The molecule has 0 radical (unpaired) electrons. The van der Waals surface area contributed by atoms with Crippen LogP contribution in [-0.2, 0) is 15.9 Å². The molecule has 10 heteroatoms. The van der Waals surface area contributed by atoms with Crippen molar-refractivity contribution in [1.29, 1.82) is 0 Å². The van der Waals surface area contributed by atoms with E-state index in [9.17, 15) is 9.18 Å². The normalized spacial score (nSPS) is 24.9. The molecular weight excluding hydrogens is 446 g/mol. The number of anilines is 2. The van der Waals surface area contributed by atoms with E-state index in [0.29, 0.717) is 32.7 Å². The van der Waals surface area contributed by atoms with Crippen LogP contribution in [-0.4, -0.2) is 59.0 Å². The number of fused-ring (bicyclic) bond motifs is 2. The molecule has 1 aliphatic carbocycles. The molecule has 3 heterocycles. The summed E-state index contributed by atoms with van der Waals surface area (Å²) in [6, 6.07) is 4.64. The van der Waals surface area contributed by atoms with Crippen molar-refractivity contribution in [1.82, 2.24) is 14.9 Å². The summed E-state index contributed by atoms with van der Waals surface area (Å²) in [5, 5.41) is 2.72. The average molecular weight is 475 g/mol. The van der Waals surface area contributed by atoms with Crippen LogP contribution in [0.1, 0.15) is 32.3 Å². The molecule has 1 saturated carbocycles. The number of nitrogens with zero attached hydrogens (tertiary/aromatic N) is 3. The number of piperidine rings is 1. The second-order valence-corrected chi connectivity index (χ2v) is 9.50. The van der Waals surface area contributed by atoms with Gasteiger partial charge in [0.15, 0.2) is 5.82 Å². The lowest BCUT2D eigenvalue weighted by Gasteiger charge is -2.46. The highest BCUT2D eigenvalue weighted by Crippen LogP contribution is 2.40. The lowest BCUT2D eigenvalue weighted by molar-refractivity contribution is -0.112. The fourth-order valence-electron chi connectivity index (χ4n) is 4.46. The van der Waals surface area contributed by atoms with Gasteiger partial charge in [-0.25, -0.2) is 14.2 Å². The molecule has 2 atom stereocenters. The van der Waals surface area contributed by atoms with Crippen LogP contribution in [0.3, 0.4) is 0 Å². The molecule has 3 fully saturated rings. The number of aryl methyl sites for hydroxylation is 1. The number of halogens is 2. The van der Waals surface area contributed by atoms with Gasteiger partial charge < -0.3 is 24.4 Å². The van der Waals surface area contributed by atoms with Crippen molar-refractivity contribution in [3.05, 3.63) is 41.7 Å². The molecule has 0 spiro atoms. The molecule has 3 aliphatic rings. The summed E-state index contributed by atoms with van der Waals surface area (Å²) in [7, 11) is 0. The van der Waals surface area contributed by atoms with E-state index in [4.69, 9.17) is 14.2 Å². The Bertz CT molecular complexity index is 1070. The van der Waals surface area contributed by atoms with E-state index in [1.165, 1.54) is 12.4 Å². The molecule has 182 valence electrons. The Labute approximate surface area is 196 Å². The number of carbonyl (C=O) groups is 1. The minimum atomic E-state index is -0.800. The van der Waals surface area contributed by atoms with Crippen molar-refractivity contribution >= 4 is 17.6 Å². The molecule has 2 saturated heterocycles. The highest BCUT2D eigenvalue weighted by atomic mass is 19.1. The topological polar surface area (TPSA) is 85.8 Å². The van der Waals surface area contributed by atoms with E-state index in [-0.39, 0.29) is 47.0 Å². The van der Waals surface area contributed by atoms with Gasteiger partial charge in [-0.3, -0.25) is 0 Å². The van der Waals surface area contributed by atoms with Crippen molar-refractivity contribution in [2.45, 2.75) is 44.8 Å². The Morgan fingerprint density at radius 1 is 1.24 bits per heavy atom. The van der Waals surface area contributed by atoms with Gasteiger partial charge in [0.2, 0.25) is 5.82 Å². The zero-order valence-electron chi connectivity index (χ0n) is 19.2. The largest absolute Gasteiger partial charge is 0.471 e. The van der Waals surface area contributed by atoms with E-state index >= 15 is 4.39 Å². The van der Waals surface area contributed by atoms with Crippen molar-refractivity contribution in [2.24, 2.45) is 11.8 Å². The Hall–Kier alpha value is -3.01. The Morgan fingerprint density at radius 3 is 2.65 bits per heavy atom. The number of nitrogens with one attached hydrogen (secondary N) is 1. The summed E-state index contributed by atoms with van der Waals surface area (Å²) in [6.07, 6.45) is 2.94. The highest BCUT2D eigenvalue weighted by Gasteiger charge is 2.47. The SMILES string of the molecule is CCc1ccc(F)c(Nc2ncnc(OC3C4COCC3CN(C(=O)OC3(C)CC3)C4)c2F)c1. The summed E-state index contributed by atoms with van der Waals surface area (Å²) in [5.74, 6) is -2.01. The van der Waals surface area contributed by atoms with Crippen LogP contribution < -0.4 is 10.1 Å². The summed E-state index contributed by atoms with van der Waals surface area (Å²) in [5.41, 5.74) is 0.688. The van der Waals surface area contributed by atoms with Crippen molar-refractivity contribution in [3.63, 3.8) is 0 Å². The van der Waals surface area contributed by atoms with Gasteiger partial charge in [-0.05, 0) is 43.9 Å². The maximum Gasteiger partial charge on any atom is 0.410 e. The predicted octanol–water partition coefficient (Wildman–Crippen LogP) is 4.08. The maximum absolute atomic E-state index is 15.3. The second-order valence-electron chi connectivity index (χ2n) is 9.50. The molecule has 2 unspecified atom stereocenters. The van der Waals surface area contributed by atoms with Gasteiger partial charge in [-0.1, -0.05) is 13.0 Å². The first kappa shape index (κ1) is 22.8. The number of aromatic nitrogens is 2. The minimum Gasteiger partial charge on any atom is -0.471 e. The zero-order chi connectivity index (χ0) is 23.9. The zero-order valence-corrected chi connectivity index (χ0v) is 19.2. The smallest absolute Gasteiger partial charge is 0.410 e. The molecular formula is C24H28F2N4O4. The summed E-state index contributed by atoms with van der Waals surface area (Å²) in [6.45, 7) is 5.43. The third kappa shape index (κ3) is 4.64. The van der Waals surface area contributed by atoms with Crippen LogP contribution in [0.15, 0.2) is 24.5 Å². The molecule has 1 amide bonds. The van der Waals surface area contributed by atoms with Gasteiger partial charge in [0.25, 0.3) is 5.88 Å². The first-order valence-corrected chi connectivity index (χ1v) is 11.6. The van der Waals surface area contributed by atoms with Gasteiger partial charge in [-0.2, -0.15) is 9.37 Å². The summed E-state index contributed by atoms with van der Waals surface area (Å²) >= 11 is 0. The minimum absolute atomic E-state index is 0.129. The molecule has 1 aromatic heterocycles. The number of likely N-dealkylation sites (tertiary alicyclic amines) is 1. The third-order valence-electron chi connectivity index (χ3n) is 6.75. The van der Waals surface area contributed by atoms with Gasteiger partial charge >= 0.3 is 6.09 Å². The Balaban J connectivity index is 1.30. The number of hydrogen-bond donors (Lipinski definition) is 1. The van der Waals surface area contributed by atoms with Gasteiger partial charge in [0, 0.05) is 24.9 Å². The molecule has 1 aromatic carbocycles. The Kier molecular flexibility index (Phi) is 6.01. The summed E-state index contributed by atoms with van der Waals surface area (Å²) < 4.78 is 46.8. The first-order valence-electron chi connectivity index (χ1n) is 11.6. The molecule has 5 rings (SSSR count). The van der Waals surface area contributed by atoms with Gasteiger partial charge in [0.05, 0.1) is 18.9 Å². The van der Waals surface area contributed by atoms with Crippen LogP contribution in [0, 0.1) is 23.5 Å². The monoisotopic (exact) mass is 474 g/mol. The van der Waals surface area contributed by atoms with Gasteiger partial charge in [0.1, 0.15) is 23.8 Å². The second kappa shape index (κ2) is 8.98. The molecule has 2 aromatic rings. The van der Waals surface area contributed by atoms with Gasteiger partial charge in [-0.15, -0.1) is 0 Å². The fourth-order valence-corrected chi connectivity index (χ4v) is 4.46. The molecule has 1 N–H and O–H groups in total. The van der Waals surface area contributed by atoms with Crippen LogP contribution in [0.25, 0.3) is 0 Å². The number of hydrogen-bond acceptors (Lipinski definition) is 7. The van der Waals surface area contributed by atoms with Crippen LogP contribution in [0.5, 0.6) is 5.88 Å². The van der Waals surface area contributed by atoms with E-state index < -0.39 is 11.6 Å². The summed E-state index contributed by atoms with van der Waals surface area (Å²) in [4.78, 5) is 22.2. The number of rotatable bonds is 6.